The molecule has 2 aromatic carbocycles. The molecule has 2 aliphatic heterocycles. The van der Waals surface area contributed by atoms with E-state index >= 15 is 0 Å². The Balaban J connectivity index is 1.79. The maximum atomic E-state index is 3.52. The summed E-state index contributed by atoms with van der Waals surface area (Å²) in [5.41, 5.74) is 5.91. The molecule has 2 heterocycles. The predicted molar refractivity (Wildman–Crippen MR) is 90.8 cm³/mol. The summed E-state index contributed by atoms with van der Waals surface area (Å²) < 4.78 is 0.331. The van der Waals surface area contributed by atoms with Gasteiger partial charge in [-0.05, 0) is 49.5 Å². The van der Waals surface area contributed by atoms with Crippen molar-refractivity contribution < 1.29 is 0 Å². The van der Waals surface area contributed by atoms with E-state index in [-0.39, 0.29) is 0 Å². The van der Waals surface area contributed by atoms with E-state index in [4.69, 9.17) is 0 Å². The summed E-state index contributed by atoms with van der Waals surface area (Å²) in [7, 11) is 0. The molecule has 0 amide bonds. The lowest BCUT2D eigenvalue weighted by molar-refractivity contribution is 0.427. The largest absolute Gasteiger partial charge is 0.317 e. The van der Waals surface area contributed by atoms with E-state index in [2.05, 4.69) is 72.5 Å². The van der Waals surface area contributed by atoms with Crippen LogP contribution in [0.3, 0.4) is 0 Å². The Bertz CT molecular complexity index is 641. The highest BCUT2D eigenvalue weighted by Crippen LogP contribution is 2.60. The molecular formula is C19H21NS. The van der Waals surface area contributed by atoms with Crippen molar-refractivity contribution in [2.75, 3.05) is 13.1 Å². The van der Waals surface area contributed by atoms with E-state index in [9.17, 15) is 0 Å². The zero-order valence-electron chi connectivity index (χ0n) is 12.4. The number of thioether (sulfide) groups is 1. The summed E-state index contributed by atoms with van der Waals surface area (Å²) in [5.74, 6) is 0. The van der Waals surface area contributed by atoms with Gasteiger partial charge in [0.25, 0.3) is 0 Å². The number of rotatable bonds is 1. The topological polar surface area (TPSA) is 12.0 Å². The molecule has 0 aromatic heterocycles. The Morgan fingerprint density at radius 3 is 2.48 bits per heavy atom. The molecule has 1 unspecified atom stereocenters. The number of aryl methyl sites for hydroxylation is 1. The average Bonchev–Trinajstić information content (AvgIpc) is 2.84. The number of fused-ring (bicyclic) bond motifs is 2. The quantitative estimate of drug-likeness (QED) is 0.836. The highest BCUT2D eigenvalue weighted by Gasteiger charge is 2.45. The first kappa shape index (κ1) is 13.4. The van der Waals surface area contributed by atoms with Crippen molar-refractivity contribution >= 4 is 11.8 Å². The standard InChI is InChI=1S/C19H21NS/c1-14-6-8-15(9-7-14)18-16-4-2-3-5-17(16)19(21-18)10-12-20-13-11-19/h2-9,18,20H,10-13H2,1H3. The normalized spacial score (nSPS) is 23.2. The number of piperidine rings is 1. The van der Waals surface area contributed by atoms with Gasteiger partial charge in [-0.2, -0.15) is 0 Å². The summed E-state index contributed by atoms with van der Waals surface area (Å²) >= 11 is 2.18. The second-order valence-electron chi connectivity index (χ2n) is 6.24. The Morgan fingerprint density at radius 2 is 1.71 bits per heavy atom. The summed E-state index contributed by atoms with van der Waals surface area (Å²) in [6.45, 7) is 4.44. The molecule has 0 radical (unpaired) electrons. The van der Waals surface area contributed by atoms with E-state index in [1.54, 1.807) is 5.56 Å². The van der Waals surface area contributed by atoms with Gasteiger partial charge in [-0.25, -0.2) is 0 Å². The Morgan fingerprint density at radius 1 is 1.00 bits per heavy atom. The fraction of sp³-hybridized carbons (Fsp3) is 0.368. The fourth-order valence-electron chi connectivity index (χ4n) is 3.70. The van der Waals surface area contributed by atoms with Gasteiger partial charge in [-0.1, -0.05) is 54.1 Å². The van der Waals surface area contributed by atoms with Gasteiger partial charge in [-0.3, -0.25) is 0 Å². The van der Waals surface area contributed by atoms with Crippen molar-refractivity contribution in [2.45, 2.75) is 29.8 Å². The Hall–Kier alpha value is -1.25. The lowest BCUT2D eigenvalue weighted by atomic mass is 9.85. The first-order valence-electron chi connectivity index (χ1n) is 7.83. The van der Waals surface area contributed by atoms with Gasteiger partial charge in [-0.15, -0.1) is 11.8 Å². The first-order valence-corrected chi connectivity index (χ1v) is 8.71. The minimum absolute atomic E-state index is 0.331. The highest BCUT2D eigenvalue weighted by molar-refractivity contribution is 8.01. The third kappa shape index (κ3) is 2.21. The molecule has 2 heteroatoms. The first-order chi connectivity index (χ1) is 10.3. The monoisotopic (exact) mass is 295 g/mol. The third-order valence-electron chi connectivity index (χ3n) is 4.87. The summed E-state index contributed by atoms with van der Waals surface area (Å²) in [6, 6.07) is 18.2. The van der Waals surface area contributed by atoms with E-state index in [1.807, 2.05) is 0 Å². The maximum Gasteiger partial charge on any atom is 0.0558 e. The van der Waals surface area contributed by atoms with Crippen molar-refractivity contribution in [3.8, 4) is 0 Å². The highest BCUT2D eigenvalue weighted by atomic mass is 32.2. The van der Waals surface area contributed by atoms with Crippen LogP contribution in [0, 0.1) is 6.92 Å². The number of hydrogen-bond acceptors (Lipinski definition) is 2. The molecule has 2 aliphatic rings. The van der Waals surface area contributed by atoms with E-state index < -0.39 is 0 Å². The predicted octanol–water partition coefficient (Wildman–Crippen LogP) is 4.41. The zero-order chi connectivity index (χ0) is 14.3. The van der Waals surface area contributed by atoms with Crippen LogP contribution < -0.4 is 5.32 Å². The van der Waals surface area contributed by atoms with Crippen LogP contribution in [0.4, 0.5) is 0 Å². The SMILES string of the molecule is Cc1ccc(C2SC3(CCNCC3)c3ccccc32)cc1. The number of nitrogens with one attached hydrogen (secondary N) is 1. The molecular weight excluding hydrogens is 274 g/mol. The molecule has 1 nitrogen and oxygen atoms in total. The van der Waals surface area contributed by atoms with Crippen molar-refractivity contribution in [3.05, 3.63) is 70.8 Å². The van der Waals surface area contributed by atoms with Gasteiger partial charge in [0.05, 0.1) is 5.25 Å². The van der Waals surface area contributed by atoms with Crippen LogP contribution in [0.5, 0.6) is 0 Å². The van der Waals surface area contributed by atoms with Crippen LogP contribution >= 0.6 is 11.8 Å². The van der Waals surface area contributed by atoms with Crippen LogP contribution in [0.15, 0.2) is 48.5 Å². The van der Waals surface area contributed by atoms with Gasteiger partial charge in [0.1, 0.15) is 0 Å². The average molecular weight is 295 g/mol. The molecule has 0 bridgehead atoms. The molecule has 1 fully saturated rings. The van der Waals surface area contributed by atoms with E-state index in [0.717, 1.165) is 13.1 Å². The minimum atomic E-state index is 0.331. The minimum Gasteiger partial charge on any atom is -0.317 e. The van der Waals surface area contributed by atoms with Crippen molar-refractivity contribution in [1.82, 2.24) is 5.32 Å². The van der Waals surface area contributed by atoms with E-state index in [1.165, 1.54) is 29.5 Å². The molecule has 21 heavy (non-hydrogen) atoms. The lowest BCUT2D eigenvalue weighted by Gasteiger charge is -2.34. The molecule has 1 spiro atoms. The fourth-order valence-corrected chi connectivity index (χ4v) is 5.53. The summed E-state index contributed by atoms with van der Waals surface area (Å²) in [6.07, 6.45) is 2.49. The van der Waals surface area contributed by atoms with Crippen LogP contribution in [0.25, 0.3) is 0 Å². The van der Waals surface area contributed by atoms with Crippen LogP contribution in [0.2, 0.25) is 0 Å². The van der Waals surface area contributed by atoms with Crippen molar-refractivity contribution in [3.63, 3.8) is 0 Å². The molecule has 1 N–H and O–H groups in total. The van der Waals surface area contributed by atoms with Gasteiger partial charge in [0.15, 0.2) is 0 Å². The summed E-state index contributed by atoms with van der Waals surface area (Å²) in [5, 5.41) is 4.02. The van der Waals surface area contributed by atoms with Crippen LogP contribution in [-0.4, -0.2) is 13.1 Å². The van der Waals surface area contributed by atoms with Crippen LogP contribution in [-0.2, 0) is 4.75 Å². The summed E-state index contributed by atoms with van der Waals surface area (Å²) in [4.78, 5) is 0. The van der Waals surface area contributed by atoms with E-state index in [0.29, 0.717) is 10.00 Å². The molecule has 2 aromatic rings. The Kier molecular flexibility index (Phi) is 3.31. The van der Waals surface area contributed by atoms with Crippen molar-refractivity contribution in [1.29, 1.82) is 0 Å². The number of hydrogen-bond donors (Lipinski definition) is 1. The van der Waals surface area contributed by atoms with Gasteiger partial charge < -0.3 is 5.32 Å². The molecule has 0 saturated carbocycles. The smallest absolute Gasteiger partial charge is 0.0558 e. The zero-order valence-corrected chi connectivity index (χ0v) is 13.2. The van der Waals surface area contributed by atoms with Gasteiger partial charge >= 0.3 is 0 Å². The van der Waals surface area contributed by atoms with Gasteiger partial charge in [0, 0.05) is 4.75 Å². The molecule has 1 saturated heterocycles. The third-order valence-corrected chi connectivity index (χ3v) is 6.71. The van der Waals surface area contributed by atoms with Gasteiger partial charge in [0.2, 0.25) is 0 Å². The van der Waals surface area contributed by atoms with Crippen LogP contribution in [0.1, 0.15) is 40.3 Å². The Labute approximate surface area is 131 Å². The molecule has 0 aliphatic carbocycles. The molecule has 1 atom stereocenters. The molecule has 4 rings (SSSR count). The van der Waals surface area contributed by atoms with Crippen molar-refractivity contribution in [2.24, 2.45) is 0 Å². The lowest BCUT2D eigenvalue weighted by Crippen LogP contribution is -2.36. The molecule has 108 valence electrons. The second kappa shape index (κ2) is 5.19. The maximum absolute atomic E-state index is 3.52. The number of benzene rings is 2. The second-order valence-corrected chi connectivity index (χ2v) is 7.73.